The van der Waals surface area contributed by atoms with E-state index in [-0.39, 0.29) is 5.75 Å². The topological polar surface area (TPSA) is 68.0 Å². The van der Waals surface area contributed by atoms with Gasteiger partial charge in [0.2, 0.25) is 0 Å². The number of nitrogens with zero attached hydrogens (tertiary/aromatic N) is 3. The van der Waals surface area contributed by atoms with Gasteiger partial charge in [0.15, 0.2) is 5.16 Å². The van der Waals surface area contributed by atoms with E-state index in [1.807, 2.05) is 11.5 Å². The quantitative estimate of drug-likeness (QED) is 0.759. The van der Waals surface area contributed by atoms with Crippen molar-refractivity contribution in [1.82, 2.24) is 14.8 Å². The summed E-state index contributed by atoms with van der Waals surface area (Å²) in [6, 6.07) is 0. The Bertz CT molecular complexity index is 375. The van der Waals surface area contributed by atoms with Gasteiger partial charge in [0, 0.05) is 12.5 Å². The monoisotopic (exact) mass is 257 g/mol. The first-order chi connectivity index (χ1) is 8.13. The van der Waals surface area contributed by atoms with Crippen molar-refractivity contribution in [2.75, 3.05) is 5.75 Å². The number of hydrogen-bond donors (Lipinski definition) is 1. The minimum atomic E-state index is -0.829. The second kappa shape index (κ2) is 6.64. The van der Waals surface area contributed by atoms with E-state index >= 15 is 0 Å². The minimum absolute atomic E-state index is 0.0288. The Balaban J connectivity index is 2.89. The van der Waals surface area contributed by atoms with Crippen LogP contribution in [0.3, 0.4) is 0 Å². The second-order valence-corrected chi connectivity index (χ2v) is 4.72. The van der Waals surface area contributed by atoms with Crippen LogP contribution in [-0.2, 0) is 11.3 Å². The Hall–Kier alpha value is -1.04. The van der Waals surface area contributed by atoms with E-state index in [1.165, 1.54) is 11.8 Å². The molecule has 0 aliphatic heterocycles. The maximum atomic E-state index is 10.5. The largest absolute Gasteiger partial charge is 0.481 e. The zero-order chi connectivity index (χ0) is 12.8. The van der Waals surface area contributed by atoms with Crippen LogP contribution in [0.15, 0.2) is 5.16 Å². The van der Waals surface area contributed by atoms with Crippen molar-refractivity contribution < 1.29 is 9.90 Å². The molecule has 1 N–H and O–H groups in total. The Morgan fingerprint density at radius 3 is 2.47 bits per heavy atom. The predicted octanol–water partition coefficient (Wildman–Crippen LogP) is 2.38. The smallest absolute Gasteiger partial charge is 0.313 e. The molecule has 0 aromatic carbocycles. The second-order valence-electron chi connectivity index (χ2n) is 3.78. The van der Waals surface area contributed by atoms with Crippen molar-refractivity contribution in [3.05, 3.63) is 5.82 Å². The number of carboxylic acids is 1. The third kappa shape index (κ3) is 3.46. The molecule has 96 valence electrons. The maximum Gasteiger partial charge on any atom is 0.313 e. The Kier molecular flexibility index (Phi) is 5.47. The third-order valence-corrected chi connectivity index (χ3v) is 3.69. The van der Waals surface area contributed by atoms with Crippen LogP contribution in [0.5, 0.6) is 0 Å². The maximum absolute atomic E-state index is 10.5. The van der Waals surface area contributed by atoms with Gasteiger partial charge in [-0.15, -0.1) is 10.2 Å². The number of aliphatic carboxylic acids is 1. The molecule has 1 rings (SSSR count). The highest BCUT2D eigenvalue weighted by molar-refractivity contribution is 7.99. The molecule has 0 aliphatic rings. The average molecular weight is 257 g/mol. The highest BCUT2D eigenvalue weighted by atomic mass is 32.2. The van der Waals surface area contributed by atoms with E-state index in [0.717, 1.165) is 25.2 Å². The molecule has 0 amide bonds. The van der Waals surface area contributed by atoms with Gasteiger partial charge >= 0.3 is 5.97 Å². The zero-order valence-electron chi connectivity index (χ0n) is 10.5. The van der Waals surface area contributed by atoms with Crippen molar-refractivity contribution in [2.24, 2.45) is 0 Å². The molecule has 17 heavy (non-hydrogen) atoms. The van der Waals surface area contributed by atoms with Crippen LogP contribution >= 0.6 is 11.8 Å². The summed E-state index contributed by atoms with van der Waals surface area (Å²) >= 11 is 1.23. The molecule has 1 heterocycles. The van der Waals surface area contributed by atoms with E-state index in [9.17, 15) is 4.79 Å². The normalized spacial score (nSPS) is 11.1. The number of carbonyl (C=O) groups is 1. The fourth-order valence-electron chi connectivity index (χ4n) is 1.79. The van der Waals surface area contributed by atoms with E-state index in [0.29, 0.717) is 11.1 Å². The van der Waals surface area contributed by atoms with Gasteiger partial charge < -0.3 is 9.67 Å². The first-order valence-corrected chi connectivity index (χ1v) is 6.90. The number of rotatable bonds is 7. The third-order valence-electron chi connectivity index (χ3n) is 2.74. The lowest BCUT2D eigenvalue weighted by Gasteiger charge is -2.13. The molecule has 1 aromatic rings. The van der Waals surface area contributed by atoms with E-state index < -0.39 is 5.97 Å². The van der Waals surface area contributed by atoms with Gasteiger partial charge in [-0.3, -0.25) is 4.79 Å². The zero-order valence-corrected chi connectivity index (χ0v) is 11.3. The molecule has 6 heteroatoms. The van der Waals surface area contributed by atoms with Crippen LogP contribution < -0.4 is 0 Å². The highest BCUT2D eigenvalue weighted by Gasteiger charge is 2.18. The summed E-state index contributed by atoms with van der Waals surface area (Å²) < 4.78 is 2.02. The number of carboxylic acid groups (broad SMARTS) is 1. The fourth-order valence-corrected chi connectivity index (χ4v) is 2.52. The van der Waals surface area contributed by atoms with Gasteiger partial charge in [-0.05, 0) is 19.8 Å². The number of aromatic nitrogens is 3. The lowest BCUT2D eigenvalue weighted by molar-refractivity contribution is -0.133. The summed E-state index contributed by atoms with van der Waals surface area (Å²) in [7, 11) is 0. The molecule has 0 fully saturated rings. The molecule has 1 aromatic heterocycles. The molecule has 0 unspecified atom stereocenters. The van der Waals surface area contributed by atoms with E-state index in [1.54, 1.807) is 0 Å². The number of hydrogen-bond acceptors (Lipinski definition) is 4. The molecular weight excluding hydrogens is 238 g/mol. The van der Waals surface area contributed by atoms with Crippen LogP contribution in [0.25, 0.3) is 0 Å². The molecule has 0 bridgehead atoms. The van der Waals surface area contributed by atoms with Crippen molar-refractivity contribution in [2.45, 2.75) is 51.2 Å². The molecule has 0 saturated heterocycles. The summed E-state index contributed by atoms with van der Waals surface area (Å²) in [4.78, 5) is 10.5. The lowest BCUT2D eigenvalue weighted by Crippen LogP contribution is -2.09. The summed E-state index contributed by atoms with van der Waals surface area (Å²) in [6.45, 7) is 7.07. The predicted molar refractivity (Wildman–Crippen MR) is 67.4 cm³/mol. The Morgan fingerprint density at radius 1 is 1.35 bits per heavy atom. The van der Waals surface area contributed by atoms with Crippen molar-refractivity contribution in [1.29, 1.82) is 0 Å². The summed E-state index contributed by atoms with van der Waals surface area (Å²) in [6.07, 6.45) is 2.05. The summed E-state index contributed by atoms with van der Waals surface area (Å²) in [5, 5.41) is 17.7. The first kappa shape index (κ1) is 14.0. The van der Waals surface area contributed by atoms with Crippen molar-refractivity contribution in [3.63, 3.8) is 0 Å². The molecule has 0 spiro atoms. The summed E-state index contributed by atoms with van der Waals surface area (Å²) in [5.74, 6) is 0.581. The van der Waals surface area contributed by atoms with Crippen LogP contribution in [0.4, 0.5) is 0 Å². The Morgan fingerprint density at radius 2 is 2.00 bits per heavy atom. The van der Waals surface area contributed by atoms with Gasteiger partial charge in [0.25, 0.3) is 0 Å². The fraction of sp³-hybridized carbons (Fsp3) is 0.727. The standard InChI is InChI=1S/C11H19N3O2S/c1-4-8(5-2)10-12-13-11(14(10)6-3)17-7-9(15)16/h8H,4-7H2,1-3H3,(H,15,16). The average Bonchev–Trinajstić information content (AvgIpc) is 2.71. The van der Waals surface area contributed by atoms with Gasteiger partial charge in [-0.25, -0.2) is 0 Å². The highest BCUT2D eigenvalue weighted by Crippen LogP contribution is 2.25. The van der Waals surface area contributed by atoms with Gasteiger partial charge in [0.05, 0.1) is 5.75 Å². The SMILES string of the molecule is CCC(CC)c1nnc(SCC(=O)O)n1CC. The molecule has 0 aliphatic carbocycles. The van der Waals surface area contributed by atoms with Gasteiger partial charge in [-0.2, -0.15) is 0 Å². The van der Waals surface area contributed by atoms with Crippen LogP contribution in [-0.4, -0.2) is 31.6 Å². The molecular formula is C11H19N3O2S. The van der Waals surface area contributed by atoms with Gasteiger partial charge in [0.1, 0.15) is 5.82 Å². The van der Waals surface area contributed by atoms with Crippen LogP contribution in [0.2, 0.25) is 0 Å². The van der Waals surface area contributed by atoms with Crippen molar-refractivity contribution >= 4 is 17.7 Å². The first-order valence-electron chi connectivity index (χ1n) is 5.91. The van der Waals surface area contributed by atoms with Crippen LogP contribution in [0, 0.1) is 0 Å². The lowest BCUT2D eigenvalue weighted by atomic mass is 10.0. The molecule has 0 saturated carbocycles. The van der Waals surface area contributed by atoms with Crippen molar-refractivity contribution in [3.8, 4) is 0 Å². The van der Waals surface area contributed by atoms with Crippen LogP contribution in [0.1, 0.15) is 45.4 Å². The minimum Gasteiger partial charge on any atom is -0.481 e. The molecule has 0 radical (unpaired) electrons. The number of thioether (sulfide) groups is 1. The van der Waals surface area contributed by atoms with E-state index in [2.05, 4.69) is 24.0 Å². The van der Waals surface area contributed by atoms with E-state index in [4.69, 9.17) is 5.11 Å². The molecule has 5 nitrogen and oxygen atoms in total. The van der Waals surface area contributed by atoms with Gasteiger partial charge in [-0.1, -0.05) is 25.6 Å². The Labute approximate surface area is 106 Å². The molecule has 0 atom stereocenters. The summed E-state index contributed by atoms with van der Waals surface area (Å²) in [5.41, 5.74) is 0.